The molecule has 33 heavy (non-hydrogen) atoms. The molecule has 1 saturated heterocycles. The van der Waals surface area contributed by atoms with Gasteiger partial charge >= 0.3 is 0 Å². The Balaban J connectivity index is 1.41. The minimum Gasteiger partial charge on any atom is -0.448 e. The van der Waals surface area contributed by atoms with Gasteiger partial charge in [0.25, 0.3) is 0 Å². The van der Waals surface area contributed by atoms with Gasteiger partial charge in [0.2, 0.25) is 5.91 Å². The van der Waals surface area contributed by atoms with Crippen LogP contribution in [0, 0.1) is 11.7 Å². The van der Waals surface area contributed by atoms with Crippen molar-refractivity contribution >= 4 is 5.91 Å². The molecule has 3 aromatic rings. The fourth-order valence-electron chi connectivity index (χ4n) is 5.38. The van der Waals surface area contributed by atoms with Gasteiger partial charge in [0.1, 0.15) is 17.8 Å². The third-order valence-corrected chi connectivity index (χ3v) is 7.34. The zero-order valence-corrected chi connectivity index (χ0v) is 19.2. The van der Waals surface area contributed by atoms with Crippen LogP contribution in [0.3, 0.4) is 0 Å². The SMILES string of the molecule is CCc1ccc(C2CC(c3nc(-c4ccc(F)cc4)co3)CN(C(=O)C3CCCC3)C2)cc1. The van der Waals surface area contributed by atoms with Gasteiger partial charge in [-0.1, -0.05) is 44.0 Å². The number of rotatable bonds is 5. The maximum Gasteiger partial charge on any atom is 0.225 e. The summed E-state index contributed by atoms with van der Waals surface area (Å²) < 4.78 is 19.2. The molecule has 5 heteroatoms. The van der Waals surface area contributed by atoms with E-state index in [4.69, 9.17) is 9.40 Å². The van der Waals surface area contributed by atoms with Crippen LogP contribution in [-0.4, -0.2) is 28.9 Å². The second-order valence-electron chi connectivity index (χ2n) is 9.53. The molecule has 2 aromatic carbocycles. The average molecular weight is 447 g/mol. The fraction of sp³-hybridized carbons (Fsp3) is 0.429. The number of oxazole rings is 1. The Morgan fingerprint density at radius 1 is 1.03 bits per heavy atom. The quantitative estimate of drug-likeness (QED) is 0.460. The summed E-state index contributed by atoms with van der Waals surface area (Å²) in [5, 5.41) is 0. The molecule has 1 amide bonds. The minimum absolute atomic E-state index is 0.0363. The van der Waals surface area contributed by atoms with E-state index in [0.717, 1.165) is 50.6 Å². The van der Waals surface area contributed by atoms with Crippen LogP contribution in [0.15, 0.2) is 59.2 Å². The van der Waals surface area contributed by atoms with Gasteiger partial charge in [0.15, 0.2) is 5.89 Å². The lowest BCUT2D eigenvalue weighted by molar-refractivity contribution is -0.137. The van der Waals surface area contributed by atoms with Crippen LogP contribution in [0.1, 0.15) is 67.9 Å². The van der Waals surface area contributed by atoms with Gasteiger partial charge in [-0.25, -0.2) is 9.37 Å². The summed E-state index contributed by atoms with van der Waals surface area (Å²) in [5.41, 5.74) is 4.12. The summed E-state index contributed by atoms with van der Waals surface area (Å²) in [5.74, 6) is 1.13. The van der Waals surface area contributed by atoms with Crippen LogP contribution in [0.25, 0.3) is 11.3 Å². The van der Waals surface area contributed by atoms with Gasteiger partial charge in [0.05, 0.1) is 5.92 Å². The Kier molecular flexibility index (Phi) is 6.30. The molecule has 0 spiro atoms. The molecule has 2 aliphatic rings. The third kappa shape index (κ3) is 4.73. The molecule has 1 aliphatic carbocycles. The number of benzene rings is 2. The first-order chi connectivity index (χ1) is 16.1. The number of carbonyl (C=O) groups is 1. The van der Waals surface area contributed by atoms with Crippen LogP contribution in [0.5, 0.6) is 0 Å². The molecule has 1 aromatic heterocycles. The first-order valence-electron chi connectivity index (χ1n) is 12.2. The van der Waals surface area contributed by atoms with Crippen LogP contribution >= 0.6 is 0 Å². The van der Waals surface area contributed by atoms with E-state index in [1.165, 1.54) is 23.3 Å². The number of amides is 1. The van der Waals surface area contributed by atoms with Gasteiger partial charge in [0, 0.05) is 30.5 Å². The highest BCUT2D eigenvalue weighted by Gasteiger charge is 2.37. The van der Waals surface area contributed by atoms with Crippen molar-refractivity contribution in [3.05, 3.63) is 77.6 Å². The van der Waals surface area contributed by atoms with Crippen LogP contribution in [0.4, 0.5) is 4.39 Å². The molecule has 2 fully saturated rings. The zero-order valence-electron chi connectivity index (χ0n) is 19.2. The summed E-state index contributed by atoms with van der Waals surface area (Å²) >= 11 is 0. The Morgan fingerprint density at radius 2 is 1.73 bits per heavy atom. The van der Waals surface area contributed by atoms with Crippen molar-refractivity contribution in [3.63, 3.8) is 0 Å². The Labute approximate surface area is 194 Å². The number of nitrogens with zero attached hydrogens (tertiary/aromatic N) is 2. The van der Waals surface area contributed by atoms with Gasteiger partial charge in [-0.3, -0.25) is 4.79 Å². The molecule has 0 bridgehead atoms. The highest BCUT2D eigenvalue weighted by molar-refractivity contribution is 5.79. The van der Waals surface area contributed by atoms with E-state index < -0.39 is 0 Å². The lowest BCUT2D eigenvalue weighted by Gasteiger charge is -2.38. The second-order valence-corrected chi connectivity index (χ2v) is 9.53. The van der Waals surface area contributed by atoms with Crippen LogP contribution in [-0.2, 0) is 11.2 Å². The number of halogens is 1. The van der Waals surface area contributed by atoms with E-state index >= 15 is 0 Å². The first kappa shape index (κ1) is 21.9. The number of piperidine rings is 1. The zero-order chi connectivity index (χ0) is 22.8. The molecule has 2 heterocycles. The van der Waals surface area contributed by atoms with E-state index in [1.54, 1.807) is 18.4 Å². The summed E-state index contributed by atoms with van der Waals surface area (Å²) in [6, 6.07) is 15.1. The molecule has 0 N–H and O–H groups in total. The molecule has 2 unspecified atom stereocenters. The lowest BCUT2D eigenvalue weighted by atomic mass is 9.83. The Morgan fingerprint density at radius 3 is 2.42 bits per heavy atom. The van der Waals surface area contributed by atoms with E-state index in [-0.39, 0.29) is 29.5 Å². The Bertz CT molecular complexity index is 1080. The first-order valence-corrected chi connectivity index (χ1v) is 12.2. The number of carbonyl (C=O) groups excluding carboxylic acids is 1. The van der Waals surface area contributed by atoms with Crippen LogP contribution < -0.4 is 0 Å². The van der Waals surface area contributed by atoms with Gasteiger partial charge in [-0.2, -0.15) is 0 Å². The van der Waals surface area contributed by atoms with Gasteiger partial charge < -0.3 is 9.32 Å². The van der Waals surface area contributed by atoms with Crippen molar-refractivity contribution in [3.8, 4) is 11.3 Å². The Hall–Kier alpha value is -2.95. The summed E-state index contributed by atoms with van der Waals surface area (Å²) in [7, 11) is 0. The van der Waals surface area contributed by atoms with Crippen molar-refractivity contribution in [2.75, 3.05) is 13.1 Å². The van der Waals surface area contributed by atoms with E-state index in [0.29, 0.717) is 18.1 Å². The highest BCUT2D eigenvalue weighted by atomic mass is 19.1. The van der Waals surface area contributed by atoms with Crippen LogP contribution in [0.2, 0.25) is 0 Å². The minimum atomic E-state index is -0.271. The normalized spacial score (nSPS) is 21.5. The molecular formula is C28H31FN2O2. The average Bonchev–Trinajstić information content (AvgIpc) is 3.57. The molecule has 1 aliphatic heterocycles. The number of aromatic nitrogens is 1. The summed E-state index contributed by atoms with van der Waals surface area (Å²) in [6.45, 7) is 3.56. The van der Waals surface area contributed by atoms with Gasteiger partial charge in [-0.05, 0) is 61.1 Å². The largest absolute Gasteiger partial charge is 0.448 e. The van der Waals surface area contributed by atoms with E-state index in [1.807, 2.05) is 0 Å². The predicted molar refractivity (Wildman–Crippen MR) is 126 cm³/mol. The number of likely N-dealkylation sites (tertiary alicyclic amines) is 1. The van der Waals surface area contributed by atoms with Crippen molar-refractivity contribution in [2.24, 2.45) is 5.92 Å². The third-order valence-electron chi connectivity index (χ3n) is 7.34. The van der Waals surface area contributed by atoms with Crippen molar-refractivity contribution in [2.45, 2.75) is 57.3 Å². The standard InChI is InChI=1S/C28H31FN2O2/c1-2-19-7-9-20(10-8-19)23-15-24(17-31(16-23)28(32)22-5-3-4-6-22)27-30-26(18-33-27)21-11-13-25(29)14-12-21/h7-14,18,22-24H,2-6,15-17H2,1H3. The monoisotopic (exact) mass is 446 g/mol. The number of hydrogen-bond donors (Lipinski definition) is 0. The molecule has 1 saturated carbocycles. The number of aryl methyl sites for hydroxylation is 1. The van der Waals surface area contributed by atoms with Gasteiger partial charge in [-0.15, -0.1) is 0 Å². The van der Waals surface area contributed by atoms with E-state index in [2.05, 4.69) is 36.1 Å². The van der Waals surface area contributed by atoms with Crippen molar-refractivity contribution in [1.82, 2.24) is 9.88 Å². The molecule has 4 nitrogen and oxygen atoms in total. The summed E-state index contributed by atoms with van der Waals surface area (Å²) in [4.78, 5) is 20.2. The number of hydrogen-bond acceptors (Lipinski definition) is 3. The van der Waals surface area contributed by atoms with Crippen molar-refractivity contribution < 1.29 is 13.6 Å². The summed E-state index contributed by atoms with van der Waals surface area (Å²) in [6.07, 6.45) is 7.86. The highest BCUT2D eigenvalue weighted by Crippen LogP contribution is 2.38. The maximum atomic E-state index is 13.4. The molecular weight excluding hydrogens is 415 g/mol. The molecule has 5 rings (SSSR count). The lowest BCUT2D eigenvalue weighted by Crippen LogP contribution is -2.44. The van der Waals surface area contributed by atoms with E-state index in [9.17, 15) is 9.18 Å². The van der Waals surface area contributed by atoms with Crippen molar-refractivity contribution in [1.29, 1.82) is 0 Å². The topological polar surface area (TPSA) is 46.3 Å². The molecule has 0 radical (unpaired) electrons. The smallest absolute Gasteiger partial charge is 0.225 e. The predicted octanol–water partition coefficient (Wildman–Crippen LogP) is 6.33. The molecule has 2 atom stereocenters. The molecule has 172 valence electrons. The second kappa shape index (κ2) is 9.50. The fourth-order valence-corrected chi connectivity index (χ4v) is 5.38. The maximum absolute atomic E-state index is 13.4.